The fourth-order valence-electron chi connectivity index (χ4n) is 1.53. The number of hydrogen-bond donors (Lipinski definition) is 1. The molecule has 1 rings (SSSR count). The minimum atomic E-state index is -0.437. The zero-order chi connectivity index (χ0) is 12.1. The molecule has 1 heterocycles. The number of carbonyl (C=O) groups excluding carboxylic acids is 1. The van der Waals surface area contributed by atoms with Gasteiger partial charge in [-0.25, -0.2) is 9.78 Å². The van der Waals surface area contributed by atoms with Crippen LogP contribution in [0.25, 0.3) is 0 Å². The average molecular weight is 223 g/mol. The Morgan fingerprint density at radius 2 is 2.12 bits per heavy atom. The third-order valence-electron chi connectivity index (χ3n) is 2.44. The first-order valence-corrected chi connectivity index (χ1v) is 5.23. The van der Waals surface area contributed by atoms with Gasteiger partial charge in [-0.1, -0.05) is 0 Å². The number of carbonyl (C=O) groups is 1. The molecule has 0 aliphatic rings. The Morgan fingerprint density at radius 1 is 1.50 bits per heavy atom. The number of ether oxygens (including phenoxy) is 1. The number of pyridine rings is 1. The molecule has 88 valence electrons. The van der Waals surface area contributed by atoms with Crippen molar-refractivity contribution in [1.82, 2.24) is 4.98 Å². The molecule has 0 saturated heterocycles. The molecule has 5 nitrogen and oxygen atoms in total. The van der Waals surface area contributed by atoms with Gasteiger partial charge in [0.15, 0.2) is 5.82 Å². The Bertz CT molecular complexity index is 375. The van der Waals surface area contributed by atoms with E-state index in [4.69, 9.17) is 5.73 Å². The van der Waals surface area contributed by atoms with Gasteiger partial charge in [0.25, 0.3) is 0 Å². The molecule has 0 atom stereocenters. The summed E-state index contributed by atoms with van der Waals surface area (Å²) in [5.74, 6) is 0.196. The van der Waals surface area contributed by atoms with Gasteiger partial charge in [0.2, 0.25) is 0 Å². The topological polar surface area (TPSA) is 68.5 Å². The number of nitrogens with zero attached hydrogens (tertiary/aromatic N) is 2. The summed E-state index contributed by atoms with van der Waals surface area (Å²) >= 11 is 0. The Labute approximate surface area is 95.2 Å². The maximum atomic E-state index is 11.4. The first-order chi connectivity index (χ1) is 7.65. The largest absolute Gasteiger partial charge is 0.465 e. The van der Waals surface area contributed by atoms with E-state index in [0.717, 1.165) is 13.1 Å². The number of nitrogens with two attached hydrogens (primary N) is 1. The van der Waals surface area contributed by atoms with E-state index in [0.29, 0.717) is 17.1 Å². The van der Waals surface area contributed by atoms with E-state index in [9.17, 15) is 4.79 Å². The third kappa shape index (κ3) is 2.24. The summed E-state index contributed by atoms with van der Waals surface area (Å²) < 4.78 is 4.65. The highest BCUT2D eigenvalue weighted by atomic mass is 16.5. The Balaban J connectivity index is 3.17. The maximum Gasteiger partial charge on any atom is 0.340 e. The molecule has 0 aromatic carbocycles. The van der Waals surface area contributed by atoms with Crippen LogP contribution in [0.4, 0.5) is 11.5 Å². The van der Waals surface area contributed by atoms with Crippen LogP contribution in [-0.4, -0.2) is 31.2 Å². The van der Waals surface area contributed by atoms with Crippen LogP contribution in [0.2, 0.25) is 0 Å². The van der Waals surface area contributed by atoms with Crippen LogP contribution in [0.5, 0.6) is 0 Å². The second-order valence-electron chi connectivity index (χ2n) is 3.26. The number of rotatable bonds is 4. The van der Waals surface area contributed by atoms with Gasteiger partial charge in [-0.2, -0.15) is 0 Å². The lowest BCUT2D eigenvalue weighted by Crippen LogP contribution is -2.25. The van der Waals surface area contributed by atoms with Crippen LogP contribution in [0.1, 0.15) is 24.2 Å². The highest BCUT2D eigenvalue weighted by molar-refractivity contribution is 5.97. The lowest BCUT2D eigenvalue weighted by Gasteiger charge is -2.22. The Morgan fingerprint density at radius 3 is 2.62 bits per heavy atom. The average Bonchev–Trinajstić information content (AvgIpc) is 2.32. The third-order valence-corrected chi connectivity index (χ3v) is 2.44. The molecule has 0 bridgehead atoms. The Hall–Kier alpha value is -1.78. The number of anilines is 2. The monoisotopic (exact) mass is 223 g/mol. The summed E-state index contributed by atoms with van der Waals surface area (Å²) in [5, 5.41) is 0. The van der Waals surface area contributed by atoms with Crippen LogP contribution in [0, 0.1) is 0 Å². The van der Waals surface area contributed by atoms with Gasteiger partial charge in [0, 0.05) is 19.3 Å². The molecule has 0 amide bonds. The summed E-state index contributed by atoms with van der Waals surface area (Å²) in [5.41, 5.74) is 6.64. The zero-order valence-electron chi connectivity index (χ0n) is 9.86. The minimum Gasteiger partial charge on any atom is -0.465 e. The molecule has 1 aromatic rings. The van der Waals surface area contributed by atoms with E-state index < -0.39 is 5.97 Å². The van der Waals surface area contributed by atoms with Gasteiger partial charge in [-0.15, -0.1) is 0 Å². The standard InChI is InChI=1S/C11H17N3O2/c1-4-14(5-2)10-9(12)8(6-7-13-10)11(15)16-3/h6-7H,4-5,12H2,1-3H3. The first kappa shape index (κ1) is 12.3. The molecule has 0 aliphatic carbocycles. The highest BCUT2D eigenvalue weighted by Gasteiger charge is 2.16. The summed E-state index contributed by atoms with van der Waals surface area (Å²) in [4.78, 5) is 17.6. The smallest absolute Gasteiger partial charge is 0.340 e. The molecule has 0 unspecified atom stereocenters. The van der Waals surface area contributed by atoms with E-state index in [1.54, 1.807) is 12.3 Å². The van der Waals surface area contributed by atoms with Crippen molar-refractivity contribution in [2.45, 2.75) is 13.8 Å². The van der Waals surface area contributed by atoms with Gasteiger partial charge in [-0.05, 0) is 19.9 Å². The van der Waals surface area contributed by atoms with Crippen LogP contribution in [-0.2, 0) is 4.74 Å². The number of methoxy groups -OCH3 is 1. The van der Waals surface area contributed by atoms with E-state index in [-0.39, 0.29) is 0 Å². The molecular formula is C11H17N3O2. The second-order valence-corrected chi connectivity index (χ2v) is 3.26. The van der Waals surface area contributed by atoms with Crippen molar-refractivity contribution in [2.75, 3.05) is 30.8 Å². The van der Waals surface area contributed by atoms with Crippen molar-refractivity contribution < 1.29 is 9.53 Å². The number of esters is 1. The zero-order valence-corrected chi connectivity index (χ0v) is 9.86. The van der Waals surface area contributed by atoms with E-state index in [2.05, 4.69) is 9.72 Å². The molecular weight excluding hydrogens is 206 g/mol. The lowest BCUT2D eigenvalue weighted by atomic mass is 10.2. The quantitative estimate of drug-likeness (QED) is 0.779. The number of hydrogen-bond acceptors (Lipinski definition) is 5. The molecule has 2 N–H and O–H groups in total. The fourth-order valence-corrected chi connectivity index (χ4v) is 1.53. The summed E-state index contributed by atoms with van der Waals surface area (Å²) in [7, 11) is 1.33. The van der Waals surface area contributed by atoms with Crippen LogP contribution >= 0.6 is 0 Å². The molecule has 0 radical (unpaired) electrons. The van der Waals surface area contributed by atoms with Crippen molar-refractivity contribution in [1.29, 1.82) is 0 Å². The molecule has 0 aliphatic heterocycles. The van der Waals surface area contributed by atoms with Crippen LogP contribution in [0.15, 0.2) is 12.3 Å². The van der Waals surface area contributed by atoms with Gasteiger partial charge in [0.05, 0.1) is 18.4 Å². The molecule has 5 heteroatoms. The molecule has 0 saturated carbocycles. The van der Waals surface area contributed by atoms with Gasteiger partial charge in [0.1, 0.15) is 0 Å². The molecule has 0 fully saturated rings. The van der Waals surface area contributed by atoms with Crippen molar-refractivity contribution >= 4 is 17.5 Å². The van der Waals surface area contributed by atoms with Crippen LogP contribution < -0.4 is 10.6 Å². The van der Waals surface area contributed by atoms with E-state index in [1.807, 2.05) is 18.7 Å². The minimum absolute atomic E-state index is 0.361. The predicted octanol–water partition coefficient (Wildman–Crippen LogP) is 1.30. The lowest BCUT2D eigenvalue weighted by molar-refractivity contribution is 0.0602. The number of nitrogen functional groups attached to an aromatic ring is 1. The van der Waals surface area contributed by atoms with Crippen LogP contribution in [0.3, 0.4) is 0 Å². The molecule has 16 heavy (non-hydrogen) atoms. The summed E-state index contributed by atoms with van der Waals surface area (Å²) in [6.07, 6.45) is 1.57. The molecule has 0 spiro atoms. The summed E-state index contributed by atoms with van der Waals surface area (Å²) in [6, 6.07) is 1.56. The second kappa shape index (κ2) is 5.34. The predicted molar refractivity (Wildman–Crippen MR) is 63.5 cm³/mol. The van der Waals surface area contributed by atoms with Crippen molar-refractivity contribution in [3.63, 3.8) is 0 Å². The first-order valence-electron chi connectivity index (χ1n) is 5.23. The van der Waals surface area contributed by atoms with E-state index in [1.165, 1.54) is 7.11 Å². The number of aromatic nitrogens is 1. The summed E-state index contributed by atoms with van der Waals surface area (Å²) in [6.45, 7) is 5.60. The van der Waals surface area contributed by atoms with Gasteiger partial charge in [-0.3, -0.25) is 0 Å². The van der Waals surface area contributed by atoms with Gasteiger partial charge >= 0.3 is 5.97 Å². The SMILES string of the molecule is CCN(CC)c1nccc(C(=O)OC)c1N. The Kier molecular flexibility index (Phi) is 4.10. The van der Waals surface area contributed by atoms with Crippen molar-refractivity contribution in [3.8, 4) is 0 Å². The van der Waals surface area contributed by atoms with Crippen molar-refractivity contribution in [2.24, 2.45) is 0 Å². The molecule has 1 aromatic heterocycles. The van der Waals surface area contributed by atoms with Crippen molar-refractivity contribution in [3.05, 3.63) is 17.8 Å². The van der Waals surface area contributed by atoms with Gasteiger partial charge < -0.3 is 15.4 Å². The van der Waals surface area contributed by atoms with E-state index >= 15 is 0 Å². The fraction of sp³-hybridized carbons (Fsp3) is 0.455. The maximum absolute atomic E-state index is 11.4. The highest BCUT2D eigenvalue weighted by Crippen LogP contribution is 2.24. The normalized spacial score (nSPS) is 9.94.